The molecule has 5 heteroatoms. The molecule has 0 amide bonds. The SMILES string of the molecule is Clc1cc(Cl)cc(-c2nc(-c3ccsc3)[nH]c2-c2ccccc2)c1. The van der Waals surface area contributed by atoms with E-state index in [0.717, 1.165) is 33.9 Å². The van der Waals surface area contributed by atoms with Gasteiger partial charge in [0.2, 0.25) is 0 Å². The van der Waals surface area contributed by atoms with E-state index in [1.165, 1.54) is 0 Å². The number of aromatic nitrogens is 2. The maximum absolute atomic E-state index is 6.18. The molecule has 0 aliphatic heterocycles. The molecule has 118 valence electrons. The topological polar surface area (TPSA) is 28.7 Å². The van der Waals surface area contributed by atoms with Gasteiger partial charge in [0.25, 0.3) is 0 Å². The summed E-state index contributed by atoms with van der Waals surface area (Å²) in [6.45, 7) is 0. The van der Waals surface area contributed by atoms with Gasteiger partial charge in [0.05, 0.1) is 11.4 Å². The third-order valence-electron chi connectivity index (χ3n) is 3.70. The lowest BCUT2D eigenvalue weighted by Gasteiger charge is -2.04. The van der Waals surface area contributed by atoms with E-state index in [1.807, 2.05) is 41.8 Å². The molecule has 0 saturated heterocycles. The van der Waals surface area contributed by atoms with Crippen LogP contribution >= 0.6 is 34.5 Å². The van der Waals surface area contributed by atoms with Gasteiger partial charge >= 0.3 is 0 Å². The average Bonchev–Trinajstić information content (AvgIpc) is 3.24. The predicted octanol–water partition coefficient (Wildman–Crippen LogP) is 6.78. The van der Waals surface area contributed by atoms with Crippen molar-refractivity contribution in [1.82, 2.24) is 9.97 Å². The number of imidazole rings is 1. The minimum Gasteiger partial charge on any atom is -0.337 e. The second-order valence-electron chi connectivity index (χ2n) is 5.35. The lowest BCUT2D eigenvalue weighted by Crippen LogP contribution is -1.84. The molecule has 0 aliphatic carbocycles. The summed E-state index contributed by atoms with van der Waals surface area (Å²) in [5, 5.41) is 5.30. The van der Waals surface area contributed by atoms with Crippen molar-refractivity contribution in [3.05, 3.63) is 75.4 Å². The van der Waals surface area contributed by atoms with Gasteiger partial charge < -0.3 is 4.98 Å². The molecule has 24 heavy (non-hydrogen) atoms. The van der Waals surface area contributed by atoms with Crippen LogP contribution in [0.3, 0.4) is 0 Å². The number of aromatic amines is 1. The van der Waals surface area contributed by atoms with Crippen molar-refractivity contribution in [2.24, 2.45) is 0 Å². The molecule has 4 rings (SSSR count). The van der Waals surface area contributed by atoms with Crippen molar-refractivity contribution in [2.75, 3.05) is 0 Å². The molecule has 0 fully saturated rings. The zero-order valence-corrected chi connectivity index (χ0v) is 14.8. The molecule has 2 aromatic carbocycles. The van der Waals surface area contributed by atoms with Crippen LogP contribution in [-0.4, -0.2) is 9.97 Å². The van der Waals surface area contributed by atoms with Crippen LogP contribution in [0.1, 0.15) is 0 Å². The van der Waals surface area contributed by atoms with Crippen LogP contribution < -0.4 is 0 Å². The summed E-state index contributed by atoms with van der Waals surface area (Å²) >= 11 is 14.0. The summed E-state index contributed by atoms with van der Waals surface area (Å²) in [5.74, 6) is 0.834. The Morgan fingerprint density at radius 2 is 1.58 bits per heavy atom. The number of H-pyrrole nitrogens is 1. The summed E-state index contributed by atoms with van der Waals surface area (Å²) in [6.07, 6.45) is 0. The molecular weight excluding hydrogens is 359 g/mol. The van der Waals surface area contributed by atoms with Crippen LogP contribution in [0, 0.1) is 0 Å². The van der Waals surface area contributed by atoms with E-state index in [0.29, 0.717) is 10.0 Å². The third kappa shape index (κ3) is 2.98. The number of nitrogens with one attached hydrogen (secondary N) is 1. The molecule has 2 heterocycles. The Morgan fingerprint density at radius 1 is 0.833 bits per heavy atom. The average molecular weight is 371 g/mol. The molecule has 0 radical (unpaired) electrons. The van der Waals surface area contributed by atoms with E-state index in [1.54, 1.807) is 17.4 Å². The van der Waals surface area contributed by atoms with Gasteiger partial charge in [-0.05, 0) is 29.6 Å². The van der Waals surface area contributed by atoms with Gasteiger partial charge in [0.15, 0.2) is 0 Å². The number of nitrogens with zero attached hydrogens (tertiary/aromatic N) is 1. The Kier molecular flexibility index (Phi) is 4.15. The zero-order chi connectivity index (χ0) is 16.5. The minimum atomic E-state index is 0.594. The highest BCUT2D eigenvalue weighted by Gasteiger charge is 2.16. The van der Waals surface area contributed by atoms with Crippen molar-refractivity contribution in [3.8, 4) is 33.9 Å². The molecular formula is C19H12Cl2N2S. The van der Waals surface area contributed by atoms with Crippen molar-refractivity contribution >= 4 is 34.5 Å². The largest absolute Gasteiger partial charge is 0.337 e. The Hall–Kier alpha value is -2.07. The highest BCUT2D eigenvalue weighted by molar-refractivity contribution is 7.08. The highest BCUT2D eigenvalue weighted by atomic mass is 35.5. The van der Waals surface area contributed by atoms with E-state index in [-0.39, 0.29) is 0 Å². The molecule has 0 saturated carbocycles. The summed E-state index contributed by atoms with van der Waals surface area (Å²) < 4.78 is 0. The first-order valence-corrected chi connectivity index (χ1v) is 9.05. The van der Waals surface area contributed by atoms with Crippen LogP contribution in [0.25, 0.3) is 33.9 Å². The third-order valence-corrected chi connectivity index (χ3v) is 4.82. The molecule has 1 N–H and O–H groups in total. The first kappa shape index (κ1) is 15.5. The van der Waals surface area contributed by atoms with Crippen molar-refractivity contribution in [2.45, 2.75) is 0 Å². The van der Waals surface area contributed by atoms with Crippen LogP contribution in [0.15, 0.2) is 65.4 Å². The standard InChI is InChI=1S/C19H12Cl2N2S/c20-15-8-14(9-16(21)10-15)18-17(12-4-2-1-3-5-12)22-19(23-18)13-6-7-24-11-13/h1-11H,(H,22,23). The summed E-state index contributed by atoms with van der Waals surface area (Å²) in [6, 6.07) is 17.7. The van der Waals surface area contributed by atoms with Gasteiger partial charge in [-0.15, -0.1) is 0 Å². The lowest BCUT2D eigenvalue weighted by molar-refractivity contribution is 1.32. The fourth-order valence-electron chi connectivity index (χ4n) is 2.62. The van der Waals surface area contributed by atoms with E-state index < -0.39 is 0 Å². The lowest BCUT2D eigenvalue weighted by atomic mass is 10.1. The van der Waals surface area contributed by atoms with Gasteiger partial charge in [-0.25, -0.2) is 4.98 Å². The second-order valence-corrected chi connectivity index (χ2v) is 7.00. The molecule has 0 bridgehead atoms. The van der Waals surface area contributed by atoms with Gasteiger partial charge in [0.1, 0.15) is 5.82 Å². The minimum absolute atomic E-state index is 0.594. The number of halogens is 2. The predicted molar refractivity (Wildman–Crippen MR) is 103 cm³/mol. The van der Waals surface area contributed by atoms with Crippen molar-refractivity contribution in [3.63, 3.8) is 0 Å². The highest BCUT2D eigenvalue weighted by Crippen LogP contribution is 2.35. The zero-order valence-electron chi connectivity index (χ0n) is 12.5. The second kappa shape index (κ2) is 6.44. The number of hydrogen-bond acceptors (Lipinski definition) is 2. The Morgan fingerprint density at radius 3 is 2.25 bits per heavy atom. The van der Waals surface area contributed by atoms with Crippen LogP contribution in [0.4, 0.5) is 0 Å². The molecule has 4 aromatic rings. The monoisotopic (exact) mass is 370 g/mol. The fourth-order valence-corrected chi connectivity index (χ4v) is 3.79. The van der Waals surface area contributed by atoms with E-state index >= 15 is 0 Å². The van der Waals surface area contributed by atoms with Crippen LogP contribution in [0.5, 0.6) is 0 Å². The Balaban J connectivity index is 1.94. The molecule has 0 unspecified atom stereocenters. The Labute approximate surface area is 153 Å². The van der Waals surface area contributed by atoms with Gasteiger partial charge in [-0.3, -0.25) is 0 Å². The normalized spacial score (nSPS) is 10.9. The number of rotatable bonds is 3. The maximum Gasteiger partial charge on any atom is 0.139 e. The molecule has 0 atom stereocenters. The molecule has 0 aliphatic rings. The van der Waals surface area contributed by atoms with E-state index in [9.17, 15) is 0 Å². The van der Waals surface area contributed by atoms with Gasteiger partial charge in [-0.1, -0.05) is 53.5 Å². The van der Waals surface area contributed by atoms with Crippen molar-refractivity contribution in [1.29, 1.82) is 0 Å². The molecule has 2 aromatic heterocycles. The van der Waals surface area contributed by atoms with E-state index in [2.05, 4.69) is 22.5 Å². The van der Waals surface area contributed by atoms with E-state index in [4.69, 9.17) is 28.2 Å². The summed E-state index contributed by atoms with van der Waals surface area (Å²) in [4.78, 5) is 8.26. The first-order chi connectivity index (χ1) is 11.7. The number of thiophene rings is 1. The quantitative estimate of drug-likeness (QED) is 0.422. The first-order valence-electron chi connectivity index (χ1n) is 7.35. The fraction of sp³-hybridized carbons (Fsp3) is 0. The van der Waals surface area contributed by atoms with Gasteiger partial charge in [-0.2, -0.15) is 11.3 Å². The molecule has 0 spiro atoms. The Bertz CT molecular complexity index is 956. The summed E-state index contributed by atoms with van der Waals surface area (Å²) in [5.41, 5.74) is 4.82. The smallest absolute Gasteiger partial charge is 0.139 e. The van der Waals surface area contributed by atoms with Crippen LogP contribution in [0.2, 0.25) is 10.0 Å². The summed E-state index contributed by atoms with van der Waals surface area (Å²) in [7, 11) is 0. The van der Waals surface area contributed by atoms with Gasteiger partial charge in [0, 0.05) is 32.1 Å². The maximum atomic E-state index is 6.18. The number of benzene rings is 2. The number of hydrogen-bond donors (Lipinski definition) is 1. The van der Waals surface area contributed by atoms with Crippen molar-refractivity contribution < 1.29 is 0 Å². The molecule has 2 nitrogen and oxygen atoms in total. The van der Waals surface area contributed by atoms with Crippen LogP contribution in [-0.2, 0) is 0 Å².